The van der Waals surface area contributed by atoms with Gasteiger partial charge in [-0.3, -0.25) is 4.79 Å². The smallest absolute Gasteiger partial charge is 0.307 e. The number of aliphatic carboxylic acids is 1. The lowest BCUT2D eigenvalue weighted by Crippen LogP contribution is -2.15. The molecule has 2 atom stereocenters. The monoisotopic (exact) mass is 236 g/mol. The molecule has 0 amide bonds. The van der Waals surface area contributed by atoms with E-state index in [1.165, 1.54) is 0 Å². The molecule has 0 radical (unpaired) electrons. The van der Waals surface area contributed by atoms with Gasteiger partial charge in [0.15, 0.2) is 0 Å². The molecule has 1 aromatic carbocycles. The molecule has 0 bridgehead atoms. The van der Waals surface area contributed by atoms with Crippen molar-refractivity contribution in [2.75, 3.05) is 13.2 Å². The van der Waals surface area contributed by atoms with E-state index in [9.17, 15) is 9.90 Å². The van der Waals surface area contributed by atoms with E-state index in [2.05, 4.69) is 0 Å². The van der Waals surface area contributed by atoms with Gasteiger partial charge in [0, 0.05) is 12.5 Å². The number of hydrogen-bond acceptors (Lipinski definition) is 3. The highest BCUT2D eigenvalue weighted by molar-refractivity contribution is 5.70. The van der Waals surface area contributed by atoms with Gasteiger partial charge in [0.05, 0.1) is 19.1 Å². The first kappa shape index (κ1) is 12.1. The van der Waals surface area contributed by atoms with Crippen LogP contribution in [0.1, 0.15) is 23.7 Å². The fourth-order valence-electron chi connectivity index (χ4n) is 2.20. The first-order valence-corrected chi connectivity index (χ1v) is 5.74. The normalized spacial score (nSPS) is 21.4. The summed E-state index contributed by atoms with van der Waals surface area (Å²) >= 11 is 0. The van der Waals surface area contributed by atoms with Crippen molar-refractivity contribution < 1.29 is 19.7 Å². The minimum absolute atomic E-state index is 0.0548. The Balaban J connectivity index is 2.20. The van der Waals surface area contributed by atoms with E-state index in [4.69, 9.17) is 9.84 Å². The summed E-state index contributed by atoms with van der Waals surface area (Å²) in [6, 6.07) is 7.16. The Morgan fingerprint density at radius 3 is 2.88 bits per heavy atom. The molecular weight excluding hydrogens is 220 g/mol. The quantitative estimate of drug-likeness (QED) is 0.829. The topological polar surface area (TPSA) is 66.8 Å². The molecule has 0 saturated carbocycles. The molecule has 1 aromatic rings. The van der Waals surface area contributed by atoms with Gasteiger partial charge in [-0.15, -0.1) is 0 Å². The van der Waals surface area contributed by atoms with Crippen molar-refractivity contribution >= 4 is 5.97 Å². The van der Waals surface area contributed by atoms with Crippen molar-refractivity contribution in [3.8, 4) is 0 Å². The Hall–Kier alpha value is -1.39. The largest absolute Gasteiger partial charge is 0.481 e. The first-order chi connectivity index (χ1) is 8.18. The Labute approximate surface area is 99.8 Å². The summed E-state index contributed by atoms with van der Waals surface area (Å²) in [6.45, 7) is 1.21. The summed E-state index contributed by atoms with van der Waals surface area (Å²) in [4.78, 5) is 10.8. The highest BCUT2D eigenvalue weighted by atomic mass is 16.5. The zero-order valence-corrected chi connectivity index (χ0v) is 9.50. The molecule has 1 heterocycles. The third-order valence-electron chi connectivity index (χ3n) is 3.13. The van der Waals surface area contributed by atoms with E-state index in [-0.39, 0.29) is 12.3 Å². The zero-order chi connectivity index (χ0) is 12.3. The van der Waals surface area contributed by atoms with E-state index in [1.807, 2.05) is 6.07 Å². The maximum absolute atomic E-state index is 10.8. The molecule has 4 nitrogen and oxygen atoms in total. The third-order valence-corrected chi connectivity index (χ3v) is 3.13. The lowest BCUT2D eigenvalue weighted by molar-refractivity contribution is -0.136. The predicted molar refractivity (Wildman–Crippen MR) is 61.7 cm³/mol. The van der Waals surface area contributed by atoms with Crippen molar-refractivity contribution in [1.29, 1.82) is 0 Å². The van der Waals surface area contributed by atoms with Crippen LogP contribution in [0.5, 0.6) is 0 Å². The van der Waals surface area contributed by atoms with Crippen LogP contribution in [0.2, 0.25) is 0 Å². The van der Waals surface area contributed by atoms with Crippen LogP contribution in [0, 0.1) is 5.92 Å². The zero-order valence-electron chi connectivity index (χ0n) is 9.50. The molecular formula is C13H16O4. The van der Waals surface area contributed by atoms with Crippen LogP contribution < -0.4 is 0 Å². The number of carboxylic acid groups (broad SMARTS) is 1. The predicted octanol–water partition coefficient (Wildman–Crippen LogP) is 1.38. The summed E-state index contributed by atoms with van der Waals surface area (Å²) in [6.07, 6.45) is 0.136. The second kappa shape index (κ2) is 5.29. The van der Waals surface area contributed by atoms with Crippen molar-refractivity contribution in [2.45, 2.75) is 18.9 Å². The summed E-state index contributed by atoms with van der Waals surface area (Å²) in [7, 11) is 0. The van der Waals surface area contributed by atoms with Gasteiger partial charge in [-0.25, -0.2) is 0 Å². The Morgan fingerprint density at radius 2 is 2.24 bits per heavy atom. The van der Waals surface area contributed by atoms with Gasteiger partial charge in [-0.2, -0.15) is 0 Å². The summed E-state index contributed by atoms with van der Waals surface area (Å²) in [5.41, 5.74) is 1.39. The van der Waals surface area contributed by atoms with Crippen molar-refractivity contribution in [2.24, 2.45) is 5.92 Å². The van der Waals surface area contributed by atoms with Gasteiger partial charge in [-0.1, -0.05) is 24.3 Å². The number of aliphatic hydroxyl groups excluding tert-OH is 1. The first-order valence-electron chi connectivity index (χ1n) is 5.74. The molecule has 4 heteroatoms. The highest BCUT2D eigenvalue weighted by Gasteiger charge is 2.26. The molecule has 2 N–H and O–H groups in total. The average Bonchev–Trinajstić information content (AvgIpc) is 2.81. The molecule has 0 spiro atoms. The number of carboxylic acids is 1. The molecule has 0 aliphatic carbocycles. The molecule has 92 valence electrons. The molecule has 1 aliphatic heterocycles. The van der Waals surface area contributed by atoms with E-state index in [1.54, 1.807) is 18.2 Å². The fraction of sp³-hybridized carbons (Fsp3) is 0.462. The fourth-order valence-corrected chi connectivity index (χ4v) is 2.20. The van der Waals surface area contributed by atoms with Crippen LogP contribution in [0.3, 0.4) is 0 Å². The molecule has 17 heavy (non-hydrogen) atoms. The number of benzene rings is 1. The maximum atomic E-state index is 10.8. The molecule has 1 fully saturated rings. The minimum Gasteiger partial charge on any atom is -0.481 e. The Morgan fingerprint density at radius 1 is 1.47 bits per heavy atom. The van der Waals surface area contributed by atoms with E-state index in [0.29, 0.717) is 24.3 Å². The highest BCUT2D eigenvalue weighted by Crippen LogP contribution is 2.30. The molecule has 1 aliphatic rings. The Bertz CT molecular complexity index is 396. The van der Waals surface area contributed by atoms with Gasteiger partial charge >= 0.3 is 5.97 Å². The molecule has 2 unspecified atom stereocenters. The second-order valence-corrected chi connectivity index (χ2v) is 4.34. The molecule has 0 aromatic heterocycles. The van der Waals surface area contributed by atoms with Crippen LogP contribution in [0.15, 0.2) is 24.3 Å². The van der Waals surface area contributed by atoms with Crippen molar-refractivity contribution in [3.63, 3.8) is 0 Å². The summed E-state index contributed by atoms with van der Waals surface area (Å²) in [5.74, 6) is -0.808. The number of rotatable bonds is 4. The summed E-state index contributed by atoms with van der Waals surface area (Å²) in [5, 5.41) is 19.1. The van der Waals surface area contributed by atoms with Crippen LogP contribution in [0.4, 0.5) is 0 Å². The van der Waals surface area contributed by atoms with Crippen LogP contribution in [-0.2, 0) is 16.0 Å². The van der Waals surface area contributed by atoms with Crippen molar-refractivity contribution in [3.05, 3.63) is 35.4 Å². The SMILES string of the molecule is O=C(O)Cc1ccccc1C(O)C1CCOC1. The standard InChI is InChI=1S/C13H16O4/c14-12(15)7-9-3-1-2-4-11(9)13(16)10-5-6-17-8-10/h1-4,10,13,16H,5-8H2,(H,14,15). The van der Waals surface area contributed by atoms with E-state index in [0.717, 1.165) is 6.42 Å². The second-order valence-electron chi connectivity index (χ2n) is 4.34. The minimum atomic E-state index is -0.882. The van der Waals surface area contributed by atoms with E-state index < -0.39 is 12.1 Å². The van der Waals surface area contributed by atoms with Crippen LogP contribution in [0.25, 0.3) is 0 Å². The van der Waals surface area contributed by atoms with E-state index >= 15 is 0 Å². The Kier molecular flexibility index (Phi) is 3.76. The van der Waals surface area contributed by atoms with Crippen LogP contribution in [-0.4, -0.2) is 29.4 Å². The number of aliphatic hydroxyl groups is 1. The van der Waals surface area contributed by atoms with Crippen molar-refractivity contribution in [1.82, 2.24) is 0 Å². The van der Waals surface area contributed by atoms with Gasteiger partial charge in [-0.05, 0) is 17.5 Å². The number of hydrogen-bond donors (Lipinski definition) is 2. The average molecular weight is 236 g/mol. The van der Waals surface area contributed by atoms with Gasteiger partial charge in [0.2, 0.25) is 0 Å². The number of carbonyl (C=O) groups is 1. The van der Waals surface area contributed by atoms with Gasteiger partial charge < -0.3 is 14.9 Å². The van der Waals surface area contributed by atoms with Crippen LogP contribution >= 0.6 is 0 Å². The number of ether oxygens (including phenoxy) is 1. The lowest BCUT2D eigenvalue weighted by Gasteiger charge is -2.19. The van der Waals surface area contributed by atoms with Gasteiger partial charge in [0.1, 0.15) is 0 Å². The third kappa shape index (κ3) is 2.84. The molecule has 1 saturated heterocycles. The summed E-state index contributed by atoms with van der Waals surface area (Å²) < 4.78 is 5.24. The van der Waals surface area contributed by atoms with Gasteiger partial charge in [0.25, 0.3) is 0 Å². The maximum Gasteiger partial charge on any atom is 0.307 e. The molecule has 2 rings (SSSR count). The lowest BCUT2D eigenvalue weighted by atomic mass is 9.91.